The van der Waals surface area contributed by atoms with Crippen LogP contribution >= 0.6 is 0 Å². The van der Waals surface area contributed by atoms with Gasteiger partial charge in [0.1, 0.15) is 0 Å². The third kappa shape index (κ3) is 0.807. The highest BCUT2D eigenvalue weighted by atomic mass is 16.5. The molecule has 0 N–H and O–H groups in total. The Bertz CT molecular complexity index is 205. The maximum absolute atomic E-state index is 5.41. The van der Waals surface area contributed by atoms with Gasteiger partial charge in [0.05, 0.1) is 13.2 Å². The lowest BCUT2D eigenvalue weighted by molar-refractivity contribution is 0.184. The Hall–Kier alpha value is -0.560. The zero-order chi connectivity index (χ0) is 7.84. The highest BCUT2D eigenvalue weighted by Crippen LogP contribution is 2.49. The monoisotopic (exact) mass is 150 g/mol. The van der Waals surface area contributed by atoms with Gasteiger partial charge in [-0.15, -0.1) is 6.58 Å². The molecule has 0 spiro atoms. The summed E-state index contributed by atoms with van der Waals surface area (Å²) in [6.07, 6.45) is 4.29. The number of ether oxygens (including phenoxy) is 1. The van der Waals surface area contributed by atoms with Crippen molar-refractivity contribution in [3.8, 4) is 0 Å². The molecule has 0 unspecified atom stereocenters. The first-order chi connectivity index (χ1) is 5.38. The van der Waals surface area contributed by atoms with Crippen molar-refractivity contribution >= 4 is 0 Å². The topological polar surface area (TPSA) is 9.23 Å². The molecule has 11 heavy (non-hydrogen) atoms. The van der Waals surface area contributed by atoms with E-state index in [-0.39, 0.29) is 0 Å². The van der Waals surface area contributed by atoms with Crippen molar-refractivity contribution in [3.05, 3.63) is 24.3 Å². The lowest BCUT2D eigenvalue weighted by Crippen LogP contribution is -2.37. The SMILES string of the molecule is C=C[C@H]1/C(=C\C)[C@@H]2COC[C@H]12. The lowest BCUT2D eigenvalue weighted by atomic mass is 9.62. The molecule has 2 aliphatic rings. The van der Waals surface area contributed by atoms with Gasteiger partial charge >= 0.3 is 0 Å². The van der Waals surface area contributed by atoms with Crippen LogP contribution in [0.5, 0.6) is 0 Å². The van der Waals surface area contributed by atoms with E-state index in [2.05, 4.69) is 25.7 Å². The molecule has 0 amide bonds. The molecule has 1 aliphatic carbocycles. The van der Waals surface area contributed by atoms with Gasteiger partial charge in [0.2, 0.25) is 0 Å². The summed E-state index contributed by atoms with van der Waals surface area (Å²) in [4.78, 5) is 0. The first-order valence-electron chi connectivity index (χ1n) is 4.25. The van der Waals surface area contributed by atoms with Crippen LogP contribution in [0.2, 0.25) is 0 Å². The molecule has 0 aromatic heterocycles. The van der Waals surface area contributed by atoms with Crippen LogP contribution in [0.4, 0.5) is 0 Å². The van der Waals surface area contributed by atoms with E-state index in [4.69, 9.17) is 4.74 Å². The average Bonchev–Trinajstić information content (AvgIpc) is 2.36. The minimum absolute atomic E-state index is 0.618. The molecule has 1 heteroatoms. The summed E-state index contributed by atoms with van der Waals surface area (Å²) in [6, 6.07) is 0. The Balaban J connectivity index is 2.18. The van der Waals surface area contributed by atoms with Crippen LogP contribution in [0.15, 0.2) is 24.3 Å². The predicted molar refractivity (Wildman–Crippen MR) is 45.2 cm³/mol. The summed E-state index contributed by atoms with van der Waals surface area (Å²) in [5, 5.41) is 0. The summed E-state index contributed by atoms with van der Waals surface area (Å²) in [5.74, 6) is 2.09. The number of fused-ring (bicyclic) bond motifs is 1. The van der Waals surface area contributed by atoms with Crippen LogP contribution in [-0.4, -0.2) is 13.2 Å². The third-order valence-electron chi connectivity index (χ3n) is 2.99. The van der Waals surface area contributed by atoms with Gasteiger partial charge in [0, 0.05) is 17.8 Å². The second-order valence-electron chi connectivity index (χ2n) is 3.36. The quantitative estimate of drug-likeness (QED) is 0.519. The molecule has 1 saturated carbocycles. The summed E-state index contributed by atoms with van der Waals surface area (Å²) in [6.45, 7) is 7.84. The van der Waals surface area contributed by atoms with E-state index >= 15 is 0 Å². The van der Waals surface area contributed by atoms with Crippen LogP contribution in [0, 0.1) is 17.8 Å². The highest BCUT2D eigenvalue weighted by molar-refractivity contribution is 5.29. The molecule has 3 atom stereocenters. The van der Waals surface area contributed by atoms with Gasteiger partial charge in [-0.2, -0.15) is 0 Å². The third-order valence-corrected chi connectivity index (χ3v) is 2.99. The van der Waals surface area contributed by atoms with E-state index < -0.39 is 0 Å². The molecular weight excluding hydrogens is 136 g/mol. The van der Waals surface area contributed by atoms with Crippen molar-refractivity contribution in [3.63, 3.8) is 0 Å². The van der Waals surface area contributed by atoms with Crippen LogP contribution in [0.3, 0.4) is 0 Å². The summed E-state index contributed by atoms with van der Waals surface area (Å²) >= 11 is 0. The Kier molecular flexibility index (Phi) is 1.61. The fraction of sp³-hybridized carbons (Fsp3) is 0.600. The first-order valence-corrected chi connectivity index (χ1v) is 4.25. The minimum atomic E-state index is 0.618. The van der Waals surface area contributed by atoms with E-state index in [0.717, 1.165) is 25.0 Å². The van der Waals surface area contributed by atoms with Gasteiger partial charge < -0.3 is 4.74 Å². The Morgan fingerprint density at radius 2 is 2.36 bits per heavy atom. The molecule has 1 saturated heterocycles. The molecule has 1 nitrogen and oxygen atoms in total. The van der Waals surface area contributed by atoms with E-state index in [9.17, 15) is 0 Å². The van der Waals surface area contributed by atoms with E-state index in [0.29, 0.717) is 5.92 Å². The maximum Gasteiger partial charge on any atom is 0.0535 e. The predicted octanol–water partition coefficient (Wildman–Crippen LogP) is 2.01. The minimum Gasteiger partial charge on any atom is -0.380 e. The normalized spacial score (nSPS) is 45.2. The van der Waals surface area contributed by atoms with Crippen LogP contribution in [0.25, 0.3) is 0 Å². The standard InChI is InChI=1S/C10H14O/c1-3-7-8(4-2)10-6-11-5-9(7)10/h3-4,7,9-10H,1,5-6H2,2H3/b8-4+/t7-,9+,10-/m0/s1. The molecule has 0 aromatic rings. The van der Waals surface area contributed by atoms with Crippen LogP contribution in [0.1, 0.15) is 6.92 Å². The van der Waals surface area contributed by atoms with Crippen molar-refractivity contribution in [1.82, 2.24) is 0 Å². The second-order valence-corrected chi connectivity index (χ2v) is 3.36. The molecule has 0 radical (unpaired) electrons. The molecule has 0 aromatic carbocycles. The second kappa shape index (κ2) is 2.49. The zero-order valence-electron chi connectivity index (χ0n) is 6.92. The lowest BCUT2D eigenvalue weighted by Gasteiger charge is -2.40. The fourth-order valence-corrected chi connectivity index (χ4v) is 2.36. The van der Waals surface area contributed by atoms with Gasteiger partial charge in [-0.3, -0.25) is 0 Å². The largest absolute Gasteiger partial charge is 0.380 e. The van der Waals surface area contributed by atoms with E-state index in [1.165, 1.54) is 0 Å². The van der Waals surface area contributed by atoms with Gasteiger partial charge in [0.25, 0.3) is 0 Å². The van der Waals surface area contributed by atoms with Crippen molar-refractivity contribution in [2.45, 2.75) is 6.92 Å². The Labute approximate surface area is 67.7 Å². The zero-order valence-corrected chi connectivity index (χ0v) is 6.92. The average molecular weight is 150 g/mol. The molecule has 60 valence electrons. The van der Waals surface area contributed by atoms with Crippen molar-refractivity contribution in [1.29, 1.82) is 0 Å². The summed E-state index contributed by atoms with van der Waals surface area (Å²) in [7, 11) is 0. The van der Waals surface area contributed by atoms with E-state index in [1.54, 1.807) is 5.57 Å². The van der Waals surface area contributed by atoms with Crippen molar-refractivity contribution in [2.75, 3.05) is 13.2 Å². The molecular formula is C10H14O. The molecule has 2 rings (SSSR count). The maximum atomic E-state index is 5.41. The van der Waals surface area contributed by atoms with Crippen molar-refractivity contribution in [2.24, 2.45) is 17.8 Å². The van der Waals surface area contributed by atoms with Gasteiger partial charge in [-0.05, 0) is 6.92 Å². The fourth-order valence-electron chi connectivity index (χ4n) is 2.36. The Morgan fingerprint density at radius 1 is 1.55 bits per heavy atom. The van der Waals surface area contributed by atoms with Gasteiger partial charge in [-0.1, -0.05) is 17.7 Å². The highest BCUT2D eigenvalue weighted by Gasteiger charge is 2.46. The molecule has 1 aliphatic heterocycles. The summed E-state index contributed by atoms with van der Waals surface area (Å²) in [5.41, 5.74) is 1.54. The molecule has 0 bridgehead atoms. The smallest absolute Gasteiger partial charge is 0.0535 e. The number of hydrogen-bond acceptors (Lipinski definition) is 1. The number of hydrogen-bond donors (Lipinski definition) is 0. The molecule has 2 fully saturated rings. The van der Waals surface area contributed by atoms with Crippen LogP contribution < -0.4 is 0 Å². The van der Waals surface area contributed by atoms with Gasteiger partial charge in [0.15, 0.2) is 0 Å². The Morgan fingerprint density at radius 3 is 3.00 bits per heavy atom. The van der Waals surface area contributed by atoms with E-state index in [1.807, 2.05) is 0 Å². The van der Waals surface area contributed by atoms with Crippen LogP contribution in [-0.2, 0) is 4.74 Å². The molecule has 1 heterocycles. The number of rotatable bonds is 1. The first kappa shape index (κ1) is 7.11. The number of allylic oxidation sites excluding steroid dienone is 2. The van der Waals surface area contributed by atoms with Crippen molar-refractivity contribution < 1.29 is 4.74 Å². The summed E-state index contributed by atoms with van der Waals surface area (Å²) < 4.78 is 5.41. The van der Waals surface area contributed by atoms with Gasteiger partial charge in [-0.25, -0.2) is 0 Å².